The van der Waals surface area contributed by atoms with Crippen LogP contribution >= 0.6 is 0 Å². The predicted molar refractivity (Wildman–Crippen MR) is 110 cm³/mol. The van der Waals surface area contributed by atoms with Gasteiger partial charge in [-0.2, -0.15) is 0 Å². The lowest BCUT2D eigenvalue weighted by Crippen LogP contribution is -2.41. The molecule has 0 unspecified atom stereocenters. The molecule has 1 aromatic carbocycles. The van der Waals surface area contributed by atoms with Gasteiger partial charge < -0.3 is 10.1 Å². The molecule has 28 heavy (non-hydrogen) atoms. The van der Waals surface area contributed by atoms with Crippen LogP contribution < -0.4 is 5.32 Å². The highest BCUT2D eigenvalue weighted by Crippen LogP contribution is 2.40. The second-order valence-corrected chi connectivity index (χ2v) is 9.00. The van der Waals surface area contributed by atoms with E-state index in [-0.39, 0.29) is 5.41 Å². The topological polar surface area (TPSA) is 50.3 Å². The highest BCUT2D eigenvalue weighted by Gasteiger charge is 2.45. The zero-order valence-electron chi connectivity index (χ0n) is 17.0. The molecule has 0 bridgehead atoms. The first kappa shape index (κ1) is 18.1. The Bertz CT molecular complexity index is 862. The Morgan fingerprint density at radius 2 is 2.00 bits per heavy atom. The third-order valence-corrected chi connectivity index (χ3v) is 6.55. The number of benzene rings is 1. The molecule has 3 heterocycles. The number of aryl methyl sites for hydroxylation is 2. The maximum Gasteiger partial charge on any atom is 0.223 e. The zero-order chi connectivity index (χ0) is 19.1. The summed E-state index contributed by atoms with van der Waals surface area (Å²) in [7, 11) is 0. The van der Waals surface area contributed by atoms with Crippen LogP contribution in [0.4, 0.5) is 5.95 Å². The molecule has 1 atom stereocenters. The van der Waals surface area contributed by atoms with E-state index >= 15 is 0 Å². The molecular formula is C23H30N4O. The fraction of sp³-hybridized carbons (Fsp3) is 0.565. The summed E-state index contributed by atoms with van der Waals surface area (Å²) in [6, 6.07) is 8.90. The minimum Gasteiger partial charge on any atom is -0.376 e. The number of hydrogen-bond acceptors (Lipinski definition) is 5. The highest BCUT2D eigenvalue weighted by molar-refractivity contribution is 5.40. The van der Waals surface area contributed by atoms with Crippen LogP contribution in [0.3, 0.4) is 0 Å². The van der Waals surface area contributed by atoms with Crippen LogP contribution in [0.2, 0.25) is 0 Å². The van der Waals surface area contributed by atoms with Gasteiger partial charge in [0.15, 0.2) is 0 Å². The van der Waals surface area contributed by atoms with Crippen molar-refractivity contribution in [3.8, 4) is 0 Å². The van der Waals surface area contributed by atoms with Crippen LogP contribution in [0, 0.1) is 19.8 Å². The lowest BCUT2D eigenvalue weighted by molar-refractivity contribution is 0.0498. The van der Waals surface area contributed by atoms with E-state index in [0.29, 0.717) is 6.61 Å². The van der Waals surface area contributed by atoms with Crippen molar-refractivity contribution in [1.82, 2.24) is 14.9 Å². The summed E-state index contributed by atoms with van der Waals surface area (Å²) in [5, 5.41) is 3.48. The molecule has 5 rings (SSSR count). The molecule has 5 heteroatoms. The Hall–Kier alpha value is -1.98. The molecule has 1 saturated carbocycles. The van der Waals surface area contributed by atoms with Crippen molar-refractivity contribution >= 4 is 5.95 Å². The first-order chi connectivity index (χ1) is 13.6. The van der Waals surface area contributed by atoms with Crippen molar-refractivity contribution in [2.75, 3.05) is 31.6 Å². The Balaban J connectivity index is 1.37. The molecule has 0 amide bonds. The number of fused-ring (bicyclic) bond motifs is 2. The number of nitrogens with zero attached hydrogens (tertiary/aromatic N) is 3. The summed E-state index contributed by atoms with van der Waals surface area (Å²) in [5.74, 6) is 1.62. The number of rotatable bonds is 5. The molecule has 1 saturated heterocycles. The summed E-state index contributed by atoms with van der Waals surface area (Å²) in [5.41, 5.74) is 6.21. The minimum absolute atomic E-state index is 0.00198. The van der Waals surface area contributed by atoms with Crippen LogP contribution in [-0.2, 0) is 23.3 Å². The van der Waals surface area contributed by atoms with E-state index in [1.807, 2.05) is 0 Å². The predicted octanol–water partition coefficient (Wildman–Crippen LogP) is 3.59. The van der Waals surface area contributed by atoms with E-state index in [1.165, 1.54) is 35.2 Å². The van der Waals surface area contributed by atoms with E-state index in [4.69, 9.17) is 14.7 Å². The number of anilines is 1. The Morgan fingerprint density at radius 1 is 1.18 bits per heavy atom. The van der Waals surface area contributed by atoms with Crippen LogP contribution in [0.5, 0.6) is 0 Å². The van der Waals surface area contributed by atoms with Crippen molar-refractivity contribution < 1.29 is 4.74 Å². The van der Waals surface area contributed by atoms with Gasteiger partial charge in [-0.1, -0.05) is 29.8 Å². The summed E-state index contributed by atoms with van der Waals surface area (Å²) in [4.78, 5) is 12.3. The van der Waals surface area contributed by atoms with Gasteiger partial charge in [-0.05, 0) is 51.1 Å². The Morgan fingerprint density at radius 3 is 2.79 bits per heavy atom. The van der Waals surface area contributed by atoms with E-state index in [9.17, 15) is 0 Å². The van der Waals surface area contributed by atoms with Gasteiger partial charge in [0.25, 0.3) is 0 Å². The van der Waals surface area contributed by atoms with Crippen LogP contribution in [0.15, 0.2) is 24.3 Å². The molecule has 1 aliphatic carbocycles. The number of likely N-dealkylation sites (tertiary alicyclic amines) is 1. The van der Waals surface area contributed by atoms with Gasteiger partial charge in [-0.3, -0.25) is 4.90 Å². The van der Waals surface area contributed by atoms with E-state index in [1.54, 1.807) is 0 Å². The van der Waals surface area contributed by atoms with Gasteiger partial charge in [0.2, 0.25) is 5.95 Å². The van der Waals surface area contributed by atoms with E-state index in [2.05, 4.69) is 48.3 Å². The fourth-order valence-electron chi connectivity index (χ4n) is 4.62. The maximum atomic E-state index is 6.05. The maximum absolute atomic E-state index is 6.05. The second kappa shape index (κ2) is 7.12. The first-order valence-electron chi connectivity index (χ1n) is 10.6. The van der Waals surface area contributed by atoms with E-state index in [0.717, 1.165) is 56.8 Å². The van der Waals surface area contributed by atoms with Crippen LogP contribution in [0.1, 0.15) is 47.3 Å². The molecule has 1 aromatic heterocycles. The van der Waals surface area contributed by atoms with Crippen molar-refractivity contribution in [3.63, 3.8) is 0 Å². The second-order valence-electron chi connectivity index (χ2n) is 9.00. The average molecular weight is 379 g/mol. The highest BCUT2D eigenvalue weighted by atomic mass is 16.5. The molecule has 1 N–H and O–H groups in total. The van der Waals surface area contributed by atoms with Crippen molar-refractivity contribution in [2.24, 2.45) is 5.92 Å². The SMILES string of the molecule is Cc1ccc(CN2CC[C@]3(COCc4c(C)nc(NCC5CC5)nc43)C2)cc1. The number of ether oxygens (including phenoxy) is 1. The third-order valence-electron chi connectivity index (χ3n) is 6.55. The Kier molecular flexibility index (Phi) is 4.60. The lowest BCUT2D eigenvalue weighted by Gasteiger charge is -2.35. The zero-order valence-corrected chi connectivity index (χ0v) is 17.0. The van der Waals surface area contributed by atoms with Gasteiger partial charge in [0.05, 0.1) is 24.3 Å². The molecular weight excluding hydrogens is 348 g/mol. The number of nitrogens with one attached hydrogen (secondary N) is 1. The number of hydrogen-bond donors (Lipinski definition) is 1. The van der Waals surface area contributed by atoms with Gasteiger partial charge in [0.1, 0.15) is 0 Å². The smallest absolute Gasteiger partial charge is 0.223 e. The Labute approximate surface area is 167 Å². The standard InChI is InChI=1S/C23H30N4O/c1-16-3-5-19(6-4-16)12-27-10-9-23(14-27)15-28-13-20-17(2)25-22(26-21(20)23)24-11-18-7-8-18/h3-6,18H,7-15H2,1-2H3,(H,24,25,26)/t23-/m1/s1. The van der Waals surface area contributed by atoms with Gasteiger partial charge in [-0.25, -0.2) is 9.97 Å². The van der Waals surface area contributed by atoms with Crippen LogP contribution in [-0.4, -0.2) is 41.1 Å². The average Bonchev–Trinajstić information content (AvgIpc) is 3.44. The molecule has 0 radical (unpaired) electrons. The summed E-state index contributed by atoms with van der Waals surface area (Å²) < 4.78 is 6.05. The molecule has 5 nitrogen and oxygen atoms in total. The minimum atomic E-state index is 0.00198. The summed E-state index contributed by atoms with van der Waals surface area (Å²) >= 11 is 0. The van der Waals surface area contributed by atoms with Crippen LogP contribution in [0.25, 0.3) is 0 Å². The van der Waals surface area contributed by atoms with Gasteiger partial charge >= 0.3 is 0 Å². The van der Waals surface area contributed by atoms with Crippen molar-refractivity contribution in [3.05, 3.63) is 52.3 Å². The van der Waals surface area contributed by atoms with Gasteiger partial charge in [0, 0.05) is 30.9 Å². The van der Waals surface area contributed by atoms with E-state index < -0.39 is 0 Å². The fourth-order valence-corrected chi connectivity index (χ4v) is 4.62. The van der Waals surface area contributed by atoms with Gasteiger partial charge in [-0.15, -0.1) is 0 Å². The molecule has 2 aromatic rings. The summed E-state index contributed by atoms with van der Waals surface area (Å²) in [6.45, 7) is 9.74. The molecule has 2 fully saturated rings. The molecule has 2 aliphatic heterocycles. The normalized spacial score (nSPS) is 24.5. The van der Waals surface area contributed by atoms with Crippen molar-refractivity contribution in [2.45, 2.75) is 51.7 Å². The quantitative estimate of drug-likeness (QED) is 0.862. The number of aromatic nitrogens is 2. The van der Waals surface area contributed by atoms with Crippen molar-refractivity contribution in [1.29, 1.82) is 0 Å². The molecule has 1 spiro atoms. The first-order valence-corrected chi connectivity index (χ1v) is 10.6. The molecule has 3 aliphatic rings. The summed E-state index contributed by atoms with van der Waals surface area (Å²) in [6.07, 6.45) is 3.77. The third kappa shape index (κ3) is 3.53. The molecule has 148 valence electrons. The lowest BCUT2D eigenvalue weighted by atomic mass is 9.80. The largest absolute Gasteiger partial charge is 0.376 e. The monoisotopic (exact) mass is 378 g/mol.